The summed E-state index contributed by atoms with van der Waals surface area (Å²) in [6.07, 6.45) is 1.63. The molecule has 0 fully saturated rings. The van der Waals surface area contributed by atoms with Gasteiger partial charge < -0.3 is 10.7 Å². The van der Waals surface area contributed by atoms with E-state index in [9.17, 15) is 0 Å². The molecule has 0 radical (unpaired) electrons. The molecule has 2 aromatic carbocycles. The Morgan fingerprint density at radius 2 is 1.53 bits per heavy atom. The Morgan fingerprint density at radius 3 is 2.12 bits per heavy atom. The molecule has 0 saturated carbocycles. The average molecular weight is 225 g/mol. The Morgan fingerprint density at radius 1 is 0.941 bits per heavy atom. The molecule has 2 rings (SSSR count). The zero-order valence-electron chi connectivity index (χ0n) is 9.75. The van der Waals surface area contributed by atoms with Crippen LogP contribution >= 0.6 is 0 Å². The van der Waals surface area contributed by atoms with E-state index in [4.69, 9.17) is 5.84 Å². The second kappa shape index (κ2) is 5.16. The molecule has 2 aromatic rings. The van der Waals surface area contributed by atoms with Crippen molar-refractivity contribution < 1.29 is 0 Å². The molecule has 17 heavy (non-hydrogen) atoms. The van der Waals surface area contributed by atoms with Crippen LogP contribution in [0.2, 0.25) is 0 Å². The van der Waals surface area contributed by atoms with Crippen LogP contribution in [-0.2, 0) is 0 Å². The third kappa shape index (κ3) is 2.64. The van der Waals surface area contributed by atoms with Crippen LogP contribution in [0.3, 0.4) is 0 Å². The minimum atomic E-state index is 0.998. The van der Waals surface area contributed by atoms with Crippen LogP contribution < -0.4 is 10.7 Å². The highest BCUT2D eigenvalue weighted by molar-refractivity contribution is 5.80. The molecular formula is C14H15N3. The first-order chi connectivity index (χ1) is 8.31. The van der Waals surface area contributed by atoms with Gasteiger partial charge >= 0.3 is 0 Å². The summed E-state index contributed by atoms with van der Waals surface area (Å²) in [6, 6.07) is 18.3. The molecule has 0 heterocycles. The summed E-state index contributed by atoms with van der Waals surface area (Å²) >= 11 is 0. The SMILES string of the molecule is CN(c1ccccc1)c1ccc(C=NN)cc1. The number of hydrogen-bond acceptors (Lipinski definition) is 3. The summed E-state index contributed by atoms with van der Waals surface area (Å²) < 4.78 is 0. The largest absolute Gasteiger partial charge is 0.345 e. The zero-order valence-corrected chi connectivity index (χ0v) is 9.75. The number of benzene rings is 2. The van der Waals surface area contributed by atoms with Crippen LogP contribution in [0.25, 0.3) is 0 Å². The molecule has 0 saturated heterocycles. The lowest BCUT2D eigenvalue weighted by Crippen LogP contribution is -2.08. The molecule has 2 N–H and O–H groups in total. The van der Waals surface area contributed by atoms with Gasteiger partial charge in [0.05, 0.1) is 6.21 Å². The maximum Gasteiger partial charge on any atom is 0.0538 e. The van der Waals surface area contributed by atoms with E-state index in [1.54, 1.807) is 6.21 Å². The summed E-state index contributed by atoms with van der Waals surface area (Å²) in [5.41, 5.74) is 3.29. The number of anilines is 2. The quantitative estimate of drug-likeness (QED) is 0.496. The van der Waals surface area contributed by atoms with Gasteiger partial charge in [-0.25, -0.2) is 0 Å². The summed E-state index contributed by atoms with van der Waals surface area (Å²) in [4.78, 5) is 2.13. The predicted molar refractivity (Wildman–Crippen MR) is 72.7 cm³/mol. The molecule has 0 bridgehead atoms. The van der Waals surface area contributed by atoms with Crippen molar-refractivity contribution in [3.8, 4) is 0 Å². The lowest BCUT2D eigenvalue weighted by molar-refractivity contribution is 1.21. The summed E-state index contributed by atoms with van der Waals surface area (Å²) in [6.45, 7) is 0. The van der Waals surface area contributed by atoms with E-state index < -0.39 is 0 Å². The molecule has 0 aliphatic heterocycles. The third-order valence-electron chi connectivity index (χ3n) is 2.65. The van der Waals surface area contributed by atoms with E-state index in [2.05, 4.69) is 22.1 Å². The first-order valence-corrected chi connectivity index (χ1v) is 5.43. The molecule has 0 aliphatic rings. The first-order valence-electron chi connectivity index (χ1n) is 5.43. The van der Waals surface area contributed by atoms with Crippen molar-refractivity contribution in [2.75, 3.05) is 11.9 Å². The molecule has 0 aromatic heterocycles. The minimum absolute atomic E-state index is 0.998. The van der Waals surface area contributed by atoms with Crippen LogP contribution in [0.15, 0.2) is 59.7 Å². The summed E-state index contributed by atoms with van der Waals surface area (Å²) in [5, 5.41) is 3.50. The number of para-hydroxylation sites is 1. The fourth-order valence-electron chi connectivity index (χ4n) is 1.67. The minimum Gasteiger partial charge on any atom is -0.345 e. The van der Waals surface area contributed by atoms with Crippen molar-refractivity contribution >= 4 is 17.6 Å². The van der Waals surface area contributed by atoms with Crippen molar-refractivity contribution in [2.24, 2.45) is 10.9 Å². The van der Waals surface area contributed by atoms with Crippen LogP contribution in [0.4, 0.5) is 11.4 Å². The Kier molecular flexibility index (Phi) is 3.40. The summed E-state index contributed by atoms with van der Waals surface area (Å²) in [5.74, 6) is 5.11. The predicted octanol–water partition coefficient (Wildman–Crippen LogP) is 2.75. The van der Waals surface area contributed by atoms with Gasteiger partial charge in [-0.05, 0) is 29.8 Å². The highest BCUT2D eigenvalue weighted by Gasteiger charge is 2.02. The molecule has 0 spiro atoms. The Labute approximate surface area is 101 Å². The van der Waals surface area contributed by atoms with Crippen LogP contribution in [-0.4, -0.2) is 13.3 Å². The Hall–Kier alpha value is -2.29. The van der Waals surface area contributed by atoms with Gasteiger partial charge in [-0.15, -0.1) is 0 Å². The molecule has 0 atom stereocenters. The monoisotopic (exact) mass is 225 g/mol. The standard InChI is InChI=1S/C14H15N3/c1-17(13-5-3-2-4-6-13)14-9-7-12(8-10-14)11-16-15/h2-11H,15H2,1H3. The van der Waals surface area contributed by atoms with Crippen molar-refractivity contribution in [1.29, 1.82) is 0 Å². The van der Waals surface area contributed by atoms with E-state index in [0.29, 0.717) is 0 Å². The van der Waals surface area contributed by atoms with Gasteiger partial charge in [-0.2, -0.15) is 5.10 Å². The van der Waals surface area contributed by atoms with Crippen molar-refractivity contribution in [3.63, 3.8) is 0 Å². The van der Waals surface area contributed by atoms with E-state index in [1.165, 1.54) is 0 Å². The van der Waals surface area contributed by atoms with Crippen LogP contribution in [0, 0.1) is 0 Å². The van der Waals surface area contributed by atoms with Crippen molar-refractivity contribution in [1.82, 2.24) is 0 Å². The van der Waals surface area contributed by atoms with E-state index >= 15 is 0 Å². The smallest absolute Gasteiger partial charge is 0.0538 e. The van der Waals surface area contributed by atoms with Gasteiger partial charge in [0, 0.05) is 18.4 Å². The Balaban J connectivity index is 2.23. The highest BCUT2D eigenvalue weighted by Crippen LogP contribution is 2.22. The molecule has 0 aliphatic carbocycles. The number of nitrogens with two attached hydrogens (primary N) is 1. The van der Waals surface area contributed by atoms with E-state index in [0.717, 1.165) is 16.9 Å². The fourth-order valence-corrected chi connectivity index (χ4v) is 1.67. The lowest BCUT2D eigenvalue weighted by atomic mass is 10.2. The molecule has 0 amide bonds. The first kappa shape index (κ1) is 11.2. The van der Waals surface area contributed by atoms with E-state index in [1.807, 2.05) is 49.5 Å². The maximum atomic E-state index is 5.11. The Bertz CT molecular complexity index is 489. The van der Waals surface area contributed by atoms with Crippen molar-refractivity contribution in [3.05, 3.63) is 60.2 Å². The van der Waals surface area contributed by atoms with E-state index in [-0.39, 0.29) is 0 Å². The molecule has 86 valence electrons. The normalized spacial score (nSPS) is 10.6. The average Bonchev–Trinajstić information content (AvgIpc) is 2.40. The van der Waals surface area contributed by atoms with Gasteiger partial charge in [0.25, 0.3) is 0 Å². The molecule has 3 nitrogen and oxygen atoms in total. The van der Waals surface area contributed by atoms with Gasteiger partial charge in [0.1, 0.15) is 0 Å². The fraction of sp³-hybridized carbons (Fsp3) is 0.0714. The molecule has 3 heteroatoms. The number of nitrogens with zero attached hydrogens (tertiary/aromatic N) is 2. The molecular weight excluding hydrogens is 210 g/mol. The van der Waals surface area contributed by atoms with Crippen LogP contribution in [0.5, 0.6) is 0 Å². The zero-order chi connectivity index (χ0) is 12.1. The highest BCUT2D eigenvalue weighted by atomic mass is 15.1. The van der Waals surface area contributed by atoms with Gasteiger partial charge in [0.15, 0.2) is 0 Å². The number of hydrazone groups is 1. The lowest BCUT2D eigenvalue weighted by Gasteiger charge is -2.19. The number of rotatable bonds is 3. The second-order valence-electron chi connectivity index (χ2n) is 3.76. The summed E-state index contributed by atoms with van der Waals surface area (Å²) in [7, 11) is 2.04. The van der Waals surface area contributed by atoms with Gasteiger partial charge in [-0.1, -0.05) is 30.3 Å². The second-order valence-corrected chi connectivity index (χ2v) is 3.76. The topological polar surface area (TPSA) is 41.6 Å². The van der Waals surface area contributed by atoms with Crippen molar-refractivity contribution in [2.45, 2.75) is 0 Å². The van der Waals surface area contributed by atoms with Gasteiger partial charge in [0.2, 0.25) is 0 Å². The maximum absolute atomic E-state index is 5.11. The molecule has 0 unspecified atom stereocenters. The third-order valence-corrected chi connectivity index (χ3v) is 2.65. The number of hydrogen-bond donors (Lipinski definition) is 1. The van der Waals surface area contributed by atoms with Gasteiger partial charge in [-0.3, -0.25) is 0 Å². The van der Waals surface area contributed by atoms with Crippen LogP contribution in [0.1, 0.15) is 5.56 Å².